The molecule has 0 aliphatic heterocycles. The van der Waals surface area contributed by atoms with E-state index in [1.54, 1.807) is 6.07 Å². The van der Waals surface area contributed by atoms with E-state index < -0.39 is 5.91 Å². The number of carbonyl (C=O) groups excluding carboxylic acids is 2. The van der Waals surface area contributed by atoms with Gasteiger partial charge in [0.2, 0.25) is 5.91 Å². The second-order valence-corrected chi connectivity index (χ2v) is 6.27. The average Bonchev–Trinajstić information content (AvgIpc) is 3.01. The molecule has 2 rings (SSSR count). The fraction of sp³-hybridized carbons (Fsp3) is 0.333. The molecule has 0 saturated heterocycles. The molecular weight excluding hydrogens is 372 g/mol. The number of unbranched alkanes of at least 4 members (excludes halogenated alkanes) is 2. The molecule has 5 nitrogen and oxygen atoms in total. The van der Waals surface area contributed by atoms with Crippen molar-refractivity contribution >= 4 is 33.4 Å². The molecule has 128 valence electrons. The van der Waals surface area contributed by atoms with Crippen molar-refractivity contribution < 1.29 is 14.0 Å². The number of rotatable bonds is 8. The van der Waals surface area contributed by atoms with Crippen LogP contribution in [0.3, 0.4) is 0 Å². The summed E-state index contributed by atoms with van der Waals surface area (Å²) in [7, 11) is 0. The summed E-state index contributed by atoms with van der Waals surface area (Å²) >= 11 is 3.12. The molecule has 0 aliphatic rings. The molecule has 0 aliphatic carbocycles. The van der Waals surface area contributed by atoms with Crippen LogP contribution in [-0.2, 0) is 11.2 Å². The molecule has 0 spiro atoms. The number of halogens is 1. The first-order valence-electron chi connectivity index (χ1n) is 8.01. The van der Waals surface area contributed by atoms with Gasteiger partial charge in [-0.25, -0.2) is 0 Å². The Balaban J connectivity index is 1.76. The van der Waals surface area contributed by atoms with Gasteiger partial charge in [0.05, 0.1) is 6.54 Å². The van der Waals surface area contributed by atoms with Gasteiger partial charge in [0.15, 0.2) is 10.4 Å². The van der Waals surface area contributed by atoms with Gasteiger partial charge in [0.25, 0.3) is 5.91 Å². The third-order valence-electron chi connectivity index (χ3n) is 3.51. The Morgan fingerprint density at radius 3 is 2.46 bits per heavy atom. The van der Waals surface area contributed by atoms with Crippen molar-refractivity contribution in [2.45, 2.75) is 32.6 Å². The molecule has 0 atom stereocenters. The lowest BCUT2D eigenvalue weighted by Crippen LogP contribution is -2.32. The average molecular weight is 393 g/mol. The summed E-state index contributed by atoms with van der Waals surface area (Å²) in [4.78, 5) is 23.7. The minimum absolute atomic E-state index is 0.116. The van der Waals surface area contributed by atoms with E-state index in [2.05, 4.69) is 33.5 Å². The van der Waals surface area contributed by atoms with Gasteiger partial charge in [-0.05, 0) is 58.6 Å². The molecule has 2 N–H and O–H groups in total. The lowest BCUT2D eigenvalue weighted by Gasteiger charge is -2.07. The van der Waals surface area contributed by atoms with Gasteiger partial charge < -0.3 is 15.1 Å². The van der Waals surface area contributed by atoms with Gasteiger partial charge >= 0.3 is 0 Å². The zero-order valence-corrected chi connectivity index (χ0v) is 15.2. The van der Waals surface area contributed by atoms with Crippen molar-refractivity contribution in [2.24, 2.45) is 0 Å². The van der Waals surface area contributed by atoms with Gasteiger partial charge in [0.1, 0.15) is 0 Å². The third kappa shape index (κ3) is 5.85. The summed E-state index contributed by atoms with van der Waals surface area (Å²) in [5.74, 6) is -0.555. The molecule has 0 fully saturated rings. The van der Waals surface area contributed by atoms with Crippen LogP contribution in [0.5, 0.6) is 0 Å². The topological polar surface area (TPSA) is 71.3 Å². The van der Waals surface area contributed by atoms with Crippen LogP contribution >= 0.6 is 15.9 Å². The maximum Gasteiger partial charge on any atom is 0.287 e. The molecule has 24 heavy (non-hydrogen) atoms. The van der Waals surface area contributed by atoms with Gasteiger partial charge in [-0.15, -0.1) is 0 Å². The zero-order valence-electron chi connectivity index (χ0n) is 13.6. The van der Waals surface area contributed by atoms with Gasteiger partial charge in [0, 0.05) is 5.69 Å². The normalized spacial score (nSPS) is 10.4. The largest absolute Gasteiger partial charge is 0.444 e. The molecule has 1 aromatic carbocycles. The van der Waals surface area contributed by atoms with E-state index in [0.717, 1.165) is 6.42 Å². The summed E-state index contributed by atoms with van der Waals surface area (Å²) in [6.07, 6.45) is 4.66. The first kappa shape index (κ1) is 18.3. The molecule has 0 saturated carbocycles. The molecular formula is C18H21BrN2O3. The standard InChI is InChI=1S/C18H21BrN2O3/c1-2-3-4-5-13-6-8-14(9-7-13)21-17(22)12-20-18(23)15-10-11-16(19)24-15/h6-11H,2-5,12H2,1H3,(H,20,23)(H,21,22). The lowest BCUT2D eigenvalue weighted by molar-refractivity contribution is -0.115. The number of carbonyl (C=O) groups is 2. The summed E-state index contributed by atoms with van der Waals surface area (Å²) in [6.45, 7) is 2.07. The maximum atomic E-state index is 11.9. The Morgan fingerprint density at radius 1 is 1.08 bits per heavy atom. The second-order valence-electron chi connectivity index (χ2n) is 5.49. The summed E-state index contributed by atoms with van der Waals surface area (Å²) in [5.41, 5.74) is 1.98. The third-order valence-corrected chi connectivity index (χ3v) is 3.94. The van der Waals surface area contributed by atoms with Crippen LogP contribution in [-0.4, -0.2) is 18.4 Å². The first-order valence-corrected chi connectivity index (χ1v) is 8.80. The Morgan fingerprint density at radius 2 is 1.83 bits per heavy atom. The highest BCUT2D eigenvalue weighted by molar-refractivity contribution is 9.10. The van der Waals surface area contributed by atoms with E-state index in [9.17, 15) is 9.59 Å². The summed E-state index contributed by atoms with van der Waals surface area (Å²) in [6, 6.07) is 11.0. The van der Waals surface area contributed by atoms with Crippen molar-refractivity contribution in [1.82, 2.24) is 5.32 Å². The molecule has 1 aromatic heterocycles. The molecule has 1 heterocycles. The Labute approximate surface area is 149 Å². The maximum absolute atomic E-state index is 11.9. The number of nitrogens with one attached hydrogen (secondary N) is 2. The highest BCUT2D eigenvalue weighted by atomic mass is 79.9. The fourth-order valence-corrected chi connectivity index (χ4v) is 2.53. The molecule has 2 aromatic rings. The van der Waals surface area contributed by atoms with Crippen molar-refractivity contribution in [3.63, 3.8) is 0 Å². The van der Waals surface area contributed by atoms with Gasteiger partial charge in [-0.2, -0.15) is 0 Å². The van der Waals surface area contributed by atoms with Gasteiger partial charge in [-0.3, -0.25) is 9.59 Å². The van der Waals surface area contributed by atoms with Crippen molar-refractivity contribution in [3.8, 4) is 0 Å². The Kier molecular flexibility index (Phi) is 7.06. The second kappa shape index (κ2) is 9.27. The SMILES string of the molecule is CCCCCc1ccc(NC(=O)CNC(=O)c2ccc(Br)o2)cc1. The molecule has 0 unspecified atom stereocenters. The van der Waals surface area contributed by atoms with Crippen molar-refractivity contribution in [2.75, 3.05) is 11.9 Å². The van der Waals surface area contributed by atoms with Crippen LogP contribution in [0.2, 0.25) is 0 Å². The number of benzene rings is 1. The quantitative estimate of drug-likeness (QED) is 0.662. The number of anilines is 1. The molecule has 0 bridgehead atoms. The van der Waals surface area contributed by atoms with Gasteiger partial charge in [-0.1, -0.05) is 31.9 Å². The first-order chi connectivity index (χ1) is 11.6. The summed E-state index contributed by atoms with van der Waals surface area (Å²) < 4.78 is 5.59. The van der Waals surface area contributed by atoms with E-state index in [0.29, 0.717) is 10.4 Å². The van der Waals surface area contributed by atoms with Crippen molar-refractivity contribution in [3.05, 3.63) is 52.4 Å². The highest BCUT2D eigenvalue weighted by Crippen LogP contribution is 2.14. The smallest absolute Gasteiger partial charge is 0.287 e. The molecule has 6 heteroatoms. The number of amides is 2. The fourth-order valence-electron chi connectivity index (χ4n) is 2.22. The van der Waals surface area contributed by atoms with Crippen LogP contribution in [0.15, 0.2) is 45.5 Å². The van der Waals surface area contributed by atoms with E-state index >= 15 is 0 Å². The van der Waals surface area contributed by atoms with E-state index in [1.807, 2.05) is 24.3 Å². The van der Waals surface area contributed by atoms with Crippen LogP contribution < -0.4 is 10.6 Å². The minimum atomic E-state index is -0.429. The van der Waals surface area contributed by atoms with Crippen LogP contribution in [0.25, 0.3) is 0 Å². The number of aryl methyl sites for hydroxylation is 1. The Hall–Kier alpha value is -2.08. The van der Waals surface area contributed by atoms with Crippen LogP contribution in [0, 0.1) is 0 Å². The van der Waals surface area contributed by atoms with E-state index in [4.69, 9.17) is 4.42 Å². The predicted octanol–water partition coefficient (Wildman–Crippen LogP) is 4.14. The van der Waals surface area contributed by atoms with Crippen LogP contribution in [0.1, 0.15) is 42.3 Å². The number of hydrogen-bond donors (Lipinski definition) is 2. The molecule has 2 amide bonds. The summed E-state index contributed by atoms with van der Waals surface area (Å²) in [5, 5.41) is 5.27. The predicted molar refractivity (Wildman–Crippen MR) is 97.0 cm³/mol. The lowest BCUT2D eigenvalue weighted by atomic mass is 10.1. The van der Waals surface area contributed by atoms with Crippen molar-refractivity contribution in [1.29, 1.82) is 0 Å². The Bertz CT molecular complexity index is 680. The number of hydrogen-bond acceptors (Lipinski definition) is 3. The molecule has 0 radical (unpaired) electrons. The minimum Gasteiger partial charge on any atom is -0.444 e. The van der Waals surface area contributed by atoms with E-state index in [-0.39, 0.29) is 18.2 Å². The van der Waals surface area contributed by atoms with Crippen LogP contribution in [0.4, 0.5) is 5.69 Å². The monoisotopic (exact) mass is 392 g/mol. The van der Waals surface area contributed by atoms with E-state index in [1.165, 1.54) is 30.9 Å². The zero-order chi connectivity index (χ0) is 17.4. The number of furan rings is 1. The highest BCUT2D eigenvalue weighted by Gasteiger charge is 2.11.